The lowest BCUT2D eigenvalue weighted by Crippen LogP contribution is -2.31. The molecule has 1 amide bonds. The van der Waals surface area contributed by atoms with E-state index in [-0.39, 0.29) is 36.1 Å². The minimum Gasteiger partial charge on any atom is -0.383 e. The minimum absolute atomic E-state index is 0.0226. The normalized spacial score (nSPS) is 10.5. The van der Waals surface area contributed by atoms with Crippen molar-refractivity contribution in [2.75, 3.05) is 26.7 Å². The summed E-state index contributed by atoms with van der Waals surface area (Å²) in [5.41, 5.74) is 29.9. The predicted molar refractivity (Wildman–Crippen MR) is 125 cm³/mol. The Balaban J connectivity index is -0.000000180. The highest BCUT2D eigenvalue weighted by molar-refractivity contribution is 5.81. The lowest BCUT2D eigenvalue weighted by molar-refractivity contribution is -0.129. The third kappa shape index (κ3) is 34.7. The minimum atomic E-state index is -1.08. The first-order valence-corrected chi connectivity index (χ1v) is 9.63. The highest BCUT2D eigenvalue weighted by Gasteiger charge is 2.11. The summed E-state index contributed by atoms with van der Waals surface area (Å²) in [5.74, 6) is -0.665. The average molecular weight is 451 g/mol. The third-order valence-electron chi connectivity index (χ3n) is 2.74. The highest BCUT2D eigenvalue weighted by atomic mass is 16.3. The van der Waals surface area contributed by atoms with Crippen LogP contribution in [0.2, 0.25) is 0 Å². The summed E-state index contributed by atoms with van der Waals surface area (Å²) in [6.45, 7) is 8.18. The Kier molecular flexibility index (Phi) is 28.4. The van der Waals surface area contributed by atoms with E-state index in [1.165, 1.54) is 14.0 Å². The molecule has 0 heterocycles. The molecule has 0 saturated heterocycles. The maximum Gasteiger partial charge on any atom is 0.248 e. The Morgan fingerprint density at radius 2 is 1.32 bits per heavy atom. The van der Waals surface area contributed by atoms with Gasteiger partial charge in [0.05, 0.1) is 6.54 Å². The van der Waals surface area contributed by atoms with Crippen molar-refractivity contribution in [1.29, 1.82) is 0 Å². The molecule has 0 bridgehead atoms. The van der Waals surface area contributed by atoms with E-state index >= 15 is 0 Å². The Morgan fingerprint density at radius 1 is 0.871 bits per heavy atom. The number of amides is 1. The van der Waals surface area contributed by atoms with Crippen LogP contribution in [0.4, 0.5) is 0 Å². The van der Waals surface area contributed by atoms with E-state index < -0.39 is 12.2 Å². The average Bonchev–Trinajstić information content (AvgIpc) is 2.70. The number of Topliss-reactive ketones (excluding diaryl/α,β-unsaturated/α-hetero) is 1. The van der Waals surface area contributed by atoms with Crippen molar-refractivity contribution < 1.29 is 19.8 Å². The second-order valence-electron chi connectivity index (χ2n) is 5.37. The Morgan fingerprint density at radius 3 is 1.61 bits per heavy atom. The maximum absolute atomic E-state index is 10.8. The van der Waals surface area contributed by atoms with Crippen LogP contribution in [0.1, 0.15) is 40.5 Å². The molecule has 0 spiro atoms. The van der Waals surface area contributed by atoms with Gasteiger partial charge in [-0.25, -0.2) is 0 Å². The number of ketones is 1. The van der Waals surface area contributed by atoms with E-state index in [9.17, 15) is 9.59 Å². The van der Waals surface area contributed by atoms with Crippen LogP contribution in [0.3, 0.4) is 0 Å². The molecule has 14 nitrogen and oxygen atoms in total. The van der Waals surface area contributed by atoms with Gasteiger partial charge in [0.25, 0.3) is 0 Å². The van der Waals surface area contributed by atoms with E-state index in [0.29, 0.717) is 25.9 Å². The van der Waals surface area contributed by atoms with Gasteiger partial charge < -0.3 is 49.9 Å². The van der Waals surface area contributed by atoms with Gasteiger partial charge in [-0.1, -0.05) is 13.8 Å². The van der Waals surface area contributed by atoms with Gasteiger partial charge >= 0.3 is 0 Å². The summed E-state index contributed by atoms with van der Waals surface area (Å²) in [7, 11) is 1.47. The fourth-order valence-corrected chi connectivity index (χ4v) is 1.29. The summed E-state index contributed by atoms with van der Waals surface area (Å²) >= 11 is 0. The van der Waals surface area contributed by atoms with Gasteiger partial charge in [0.15, 0.2) is 23.7 Å². The summed E-state index contributed by atoms with van der Waals surface area (Å²) in [5, 5.41) is 20.3. The first-order valence-electron chi connectivity index (χ1n) is 9.63. The lowest BCUT2D eigenvalue weighted by Gasteiger charge is -2.06. The van der Waals surface area contributed by atoms with Crippen molar-refractivity contribution in [2.24, 2.45) is 49.4 Å². The molecule has 15 N–H and O–H groups in total. The van der Waals surface area contributed by atoms with Crippen LogP contribution in [-0.2, 0) is 9.59 Å². The standard InChI is InChI=1S/C7H16N4O2.C5H11N3O2.C3H9N3.C2H6/c1-10-6(13)5(12)3-2-4-11-7(8)9;1-3(9)4(10)2-8-5(6)7;1-2-6-3(4)5;1-2/h5,12H,2-4H2,1H3,(H,10,13)(H4,8,9,11);4,10H,2H2,1H3,(H4,6,7,8);2H2,1H3,(H4,4,5,6);1-2H3. The quantitative estimate of drug-likeness (QED) is 0.0955. The van der Waals surface area contributed by atoms with Crippen molar-refractivity contribution in [2.45, 2.75) is 52.7 Å². The first kappa shape index (κ1) is 35.3. The Bertz CT molecular complexity index is 541. The molecule has 0 aliphatic rings. The second kappa shape index (κ2) is 24.9. The fourth-order valence-electron chi connectivity index (χ4n) is 1.29. The summed E-state index contributed by atoms with van der Waals surface area (Å²) in [4.78, 5) is 31.9. The lowest BCUT2D eigenvalue weighted by atomic mass is 10.2. The number of aliphatic hydroxyl groups excluding tert-OH is 2. The highest BCUT2D eigenvalue weighted by Crippen LogP contribution is 1.96. The third-order valence-corrected chi connectivity index (χ3v) is 2.74. The number of carbonyl (C=O) groups excluding carboxylic acids is 2. The molecule has 0 rings (SSSR count). The van der Waals surface area contributed by atoms with Gasteiger partial charge in [0.1, 0.15) is 12.2 Å². The molecule has 0 fully saturated rings. The smallest absolute Gasteiger partial charge is 0.248 e. The van der Waals surface area contributed by atoms with Gasteiger partial charge in [-0.15, -0.1) is 0 Å². The number of likely N-dealkylation sites (N-methyl/N-ethyl adjacent to an activating group) is 1. The van der Waals surface area contributed by atoms with E-state index in [2.05, 4.69) is 20.3 Å². The zero-order chi connectivity index (χ0) is 25.4. The zero-order valence-electron chi connectivity index (χ0n) is 19.2. The molecule has 0 aromatic heterocycles. The molecule has 2 unspecified atom stereocenters. The molecule has 0 aliphatic heterocycles. The monoisotopic (exact) mass is 450 g/mol. The predicted octanol–water partition coefficient (Wildman–Crippen LogP) is -3.34. The van der Waals surface area contributed by atoms with Crippen LogP contribution < -0.4 is 39.7 Å². The van der Waals surface area contributed by atoms with Crippen LogP contribution >= 0.6 is 0 Å². The van der Waals surface area contributed by atoms with Crippen molar-refractivity contribution in [3.05, 3.63) is 0 Å². The number of guanidine groups is 3. The number of aliphatic imine (C=N–C) groups is 3. The molecule has 0 saturated carbocycles. The van der Waals surface area contributed by atoms with Crippen molar-refractivity contribution >= 4 is 29.6 Å². The zero-order valence-corrected chi connectivity index (χ0v) is 19.2. The molecule has 31 heavy (non-hydrogen) atoms. The molecule has 0 aromatic rings. The number of aliphatic hydroxyl groups is 2. The van der Waals surface area contributed by atoms with Crippen LogP contribution in [0, 0.1) is 0 Å². The number of hydrogen-bond donors (Lipinski definition) is 9. The van der Waals surface area contributed by atoms with Gasteiger partial charge in [0.2, 0.25) is 5.91 Å². The number of rotatable bonds is 9. The molecule has 184 valence electrons. The summed E-state index contributed by atoms with van der Waals surface area (Å²) in [6.07, 6.45) is -1.12. The van der Waals surface area contributed by atoms with Crippen LogP contribution in [0.15, 0.2) is 15.0 Å². The maximum atomic E-state index is 10.8. The largest absolute Gasteiger partial charge is 0.383 e. The number of nitrogens with zero attached hydrogens (tertiary/aromatic N) is 3. The van der Waals surface area contributed by atoms with Crippen molar-refractivity contribution in [1.82, 2.24) is 5.32 Å². The molecule has 0 aliphatic carbocycles. The van der Waals surface area contributed by atoms with E-state index in [1.54, 1.807) is 0 Å². The molecule has 0 aromatic carbocycles. The number of hydrogen-bond acceptors (Lipinski definition) is 7. The Labute approximate surface area is 184 Å². The van der Waals surface area contributed by atoms with Gasteiger partial charge in [-0.3, -0.25) is 24.6 Å². The number of carbonyl (C=O) groups is 2. The van der Waals surface area contributed by atoms with Crippen LogP contribution in [0.5, 0.6) is 0 Å². The van der Waals surface area contributed by atoms with Crippen molar-refractivity contribution in [3.8, 4) is 0 Å². The summed E-state index contributed by atoms with van der Waals surface area (Å²) in [6, 6.07) is 0. The van der Waals surface area contributed by atoms with E-state index in [0.717, 1.165) is 0 Å². The molecule has 2 atom stereocenters. The van der Waals surface area contributed by atoms with Gasteiger partial charge in [-0.2, -0.15) is 0 Å². The van der Waals surface area contributed by atoms with E-state index in [1.807, 2.05) is 20.8 Å². The molecule has 14 heteroatoms. The first-order chi connectivity index (χ1) is 14.4. The van der Waals surface area contributed by atoms with Crippen molar-refractivity contribution in [3.63, 3.8) is 0 Å². The number of nitrogens with one attached hydrogen (secondary N) is 1. The van der Waals surface area contributed by atoms with E-state index in [4.69, 9.17) is 44.6 Å². The fraction of sp³-hybridized carbons (Fsp3) is 0.706. The second-order valence-corrected chi connectivity index (χ2v) is 5.37. The van der Waals surface area contributed by atoms with Crippen LogP contribution in [-0.4, -0.2) is 78.7 Å². The van der Waals surface area contributed by atoms with Gasteiger partial charge in [-0.05, 0) is 26.7 Å². The topological polar surface area (TPSA) is 280 Å². The Hall–Kier alpha value is -3.13. The number of nitrogens with two attached hydrogens (primary N) is 6. The molecular weight excluding hydrogens is 408 g/mol. The summed E-state index contributed by atoms with van der Waals surface area (Å²) < 4.78 is 0. The van der Waals surface area contributed by atoms with Crippen LogP contribution in [0.25, 0.3) is 0 Å². The van der Waals surface area contributed by atoms with Gasteiger partial charge in [0, 0.05) is 20.1 Å². The SMILES string of the molecule is CC.CC(=O)C(O)CN=C(N)N.CCN=C(N)N.CNC(=O)C(O)CCCN=C(N)N. The molecule has 0 radical (unpaired) electrons. The molecular formula is C17H42N10O4.